The first-order chi connectivity index (χ1) is 11.6. The van der Waals surface area contributed by atoms with E-state index in [1.54, 1.807) is 31.2 Å². The van der Waals surface area contributed by atoms with Crippen LogP contribution in [0, 0.1) is 25.2 Å². The smallest absolute Gasteiger partial charge is 0.338 e. The van der Waals surface area contributed by atoms with E-state index in [1.165, 1.54) is 6.07 Å². The fourth-order valence-corrected chi connectivity index (χ4v) is 2.19. The largest absolute Gasteiger partial charge is 0.466 e. The summed E-state index contributed by atoms with van der Waals surface area (Å²) in [5, 5.41) is 16.6. The predicted molar refractivity (Wildman–Crippen MR) is 81.8 cm³/mol. The highest BCUT2D eigenvalue weighted by atomic mass is 16.5. The number of rotatable bonds is 4. The summed E-state index contributed by atoms with van der Waals surface area (Å²) in [7, 11) is 0. The number of hydrogen-bond donors (Lipinski definition) is 0. The lowest BCUT2D eigenvalue weighted by Crippen LogP contribution is -2.05. The van der Waals surface area contributed by atoms with Gasteiger partial charge < -0.3 is 13.6 Å². The maximum absolute atomic E-state index is 12.0. The van der Waals surface area contributed by atoms with E-state index in [2.05, 4.69) is 10.2 Å². The van der Waals surface area contributed by atoms with Crippen LogP contribution in [-0.2, 0) is 11.3 Å². The molecule has 0 amide bonds. The van der Waals surface area contributed by atoms with Gasteiger partial charge >= 0.3 is 5.97 Å². The van der Waals surface area contributed by atoms with Crippen LogP contribution in [0.5, 0.6) is 0 Å². The zero-order valence-electron chi connectivity index (χ0n) is 13.1. The van der Waals surface area contributed by atoms with E-state index in [9.17, 15) is 4.79 Å². The normalized spacial score (nSPS) is 10.4. The van der Waals surface area contributed by atoms with Crippen LogP contribution in [-0.4, -0.2) is 16.2 Å². The van der Waals surface area contributed by atoms with Crippen molar-refractivity contribution in [3.8, 4) is 17.5 Å². The van der Waals surface area contributed by atoms with Crippen molar-refractivity contribution in [2.24, 2.45) is 0 Å². The topological polar surface area (TPSA) is 102 Å². The highest BCUT2D eigenvalue weighted by Gasteiger charge is 2.16. The molecule has 0 aliphatic rings. The van der Waals surface area contributed by atoms with Crippen LogP contribution >= 0.6 is 0 Å². The van der Waals surface area contributed by atoms with Crippen LogP contribution in [0.2, 0.25) is 0 Å². The van der Waals surface area contributed by atoms with Gasteiger partial charge in [-0.15, -0.1) is 10.2 Å². The summed E-state index contributed by atoms with van der Waals surface area (Å²) in [5.74, 6) is 1.33. The Labute approximate surface area is 137 Å². The second kappa shape index (κ2) is 6.38. The lowest BCUT2D eigenvalue weighted by molar-refractivity contribution is 0.0438. The van der Waals surface area contributed by atoms with Gasteiger partial charge in [0, 0.05) is 0 Å². The Balaban J connectivity index is 1.68. The van der Waals surface area contributed by atoms with Crippen molar-refractivity contribution >= 4 is 5.97 Å². The minimum Gasteiger partial charge on any atom is -0.466 e. The molecule has 0 fully saturated rings. The van der Waals surface area contributed by atoms with Crippen molar-refractivity contribution in [2.45, 2.75) is 20.5 Å². The van der Waals surface area contributed by atoms with E-state index in [0.717, 1.165) is 5.76 Å². The van der Waals surface area contributed by atoms with Crippen molar-refractivity contribution in [3.63, 3.8) is 0 Å². The number of aromatic nitrogens is 2. The first kappa shape index (κ1) is 15.5. The zero-order valence-corrected chi connectivity index (χ0v) is 13.1. The number of nitriles is 1. The molecule has 0 atom stereocenters. The summed E-state index contributed by atoms with van der Waals surface area (Å²) in [5.41, 5.74) is 1.38. The number of esters is 1. The van der Waals surface area contributed by atoms with Gasteiger partial charge in [-0.2, -0.15) is 5.26 Å². The molecule has 0 saturated heterocycles. The molecule has 24 heavy (non-hydrogen) atoms. The maximum atomic E-state index is 12.0. The number of hydrogen-bond acceptors (Lipinski definition) is 7. The van der Waals surface area contributed by atoms with E-state index in [1.807, 2.05) is 13.0 Å². The average molecular weight is 323 g/mol. The summed E-state index contributed by atoms with van der Waals surface area (Å²) in [6, 6.07) is 10.0. The Morgan fingerprint density at radius 1 is 1.25 bits per heavy atom. The fraction of sp³-hybridized carbons (Fsp3) is 0.176. The molecule has 7 heteroatoms. The molecule has 0 aliphatic heterocycles. The van der Waals surface area contributed by atoms with Gasteiger partial charge in [-0.05, 0) is 38.1 Å². The van der Waals surface area contributed by atoms with Crippen molar-refractivity contribution in [1.29, 1.82) is 5.26 Å². The lowest BCUT2D eigenvalue weighted by Gasteiger charge is -2.02. The number of ether oxygens (including phenoxy) is 1. The van der Waals surface area contributed by atoms with Crippen LogP contribution in [0.15, 0.2) is 39.2 Å². The van der Waals surface area contributed by atoms with Gasteiger partial charge in [0.15, 0.2) is 6.61 Å². The first-order valence-electron chi connectivity index (χ1n) is 7.14. The molecule has 0 unspecified atom stereocenters. The quantitative estimate of drug-likeness (QED) is 0.679. The minimum absolute atomic E-state index is 0.154. The van der Waals surface area contributed by atoms with Gasteiger partial charge in [-0.25, -0.2) is 4.79 Å². The number of furan rings is 1. The maximum Gasteiger partial charge on any atom is 0.338 e. The van der Waals surface area contributed by atoms with Crippen LogP contribution in [0.1, 0.15) is 33.3 Å². The van der Waals surface area contributed by atoms with Gasteiger partial charge in [-0.3, -0.25) is 0 Å². The van der Waals surface area contributed by atoms with Crippen LogP contribution < -0.4 is 0 Å². The van der Waals surface area contributed by atoms with Gasteiger partial charge in [0.25, 0.3) is 11.8 Å². The zero-order chi connectivity index (χ0) is 17.1. The van der Waals surface area contributed by atoms with Crippen LogP contribution in [0.4, 0.5) is 0 Å². The van der Waals surface area contributed by atoms with E-state index >= 15 is 0 Å². The molecule has 2 aromatic heterocycles. The van der Waals surface area contributed by atoms with Crippen molar-refractivity contribution in [3.05, 3.63) is 58.9 Å². The van der Waals surface area contributed by atoms with E-state index in [0.29, 0.717) is 22.8 Å². The van der Waals surface area contributed by atoms with E-state index < -0.39 is 5.97 Å². The van der Waals surface area contributed by atoms with Crippen molar-refractivity contribution in [2.75, 3.05) is 0 Å². The first-order valence-corrected chi connectivity index (χ1v) is 7.14. The number of carbonyl (C=O) groups is 1. The Morgan fingerprint density at radius 3 is 2.79 bits per heavy atom. The Morgan fingerprint density at radius 2 is 2.08 bits per heavy atom. The third kappa shape index (κ3) is 3.17. The van der Waals surface area contributed by atoms with Gasteiger partial charge in [0.2, 0.25) is 0 Å². The Bertz CT molecular complexity index is 933. The summed E-state index contributed by atoms with van der Waals surface area (Å²) >= 11 is 0. The molecule has 120 valence electrons. The molecule has 3 rings (SSSR count). The van der Waals surface area contributed by atoms with Gasteiger partial charge in [0.1, 0.15) is 11.5 Å². The summed E-state index contributed by atoms with van der Waals surface area (Å²) in [6.07, 6.45) is 0. The molecule has 0 aliphatic carbocycles. The highest BCUT2D eigenvalue weighted by molar-refractivity contribution is 5.89. The highest BCUT2D eigenvalue weighted by Crippen LogP contribution is 2.25. The molecule has 0 N–H and O–H groups in total. The molecule has 2 heterocycles. The monoisotopic (exact) mass is 323 g/mol. The Kier molecular flexibility index (Phi) is 4.12. The molecule has 0 spiro atoms. The molecule has 1 aromatic carbocycles. The SMILES string of the molecule is Cc1cc(-c2nnc(COC(=O)c3cccc(C#N)c3)o2)c(C)o1. The van der Waals surface area contributed by atoms with Crippen molar-refractivity contribution in [1.82, 2.24) is 10.2 Å². The number of carbonyl (C=O) groups excluding carboxylic acids is 1. The minimum atomic E-state index is -0.567. The lowest BCUT2D eigenvalue weighted by atomic mass is 10.1. The molecule has 0 bridgehead atoms. The number of nitrogens with zero attached hydrogens (tertiary/aromatic N) is 3. The third-order valence-corrected chi connectivity index (χ3v) is 3.29. The van der Waals surface area contributed by atoms with Crippen molar-refractivity contribution < 1.29 is 18.4 Å². The van der Waals surface area contributed by atoms with Crippen LogP contribution in [0.3, 0.4) is 0 Å². The molecular formula is C17H13N3O4. The molecule has 3 aromatic rings. The molecule has 0 radical (unpaired) electrons. The molecular weight excluding hydrogens is 310 g/mol. The summed E-state index contributed by atoms with van der Waals surface area (Å²) < 4.78 is 16.0. The Hall–Kier alpha value is -3.40. The summed E-state index contributed by atoms with van der Waals surface area (Å²) in [4.78, 5) is 12.0. The average Bonchev–Trinajstić information content (AvgIpc) is 3.18. The van der Waals surface area contributed by atoms with Gasteiger partial charge in [0.05, 0.1) is 22.8 Å². The van der Waals surface area contributed by atoms with E-state index in [-0.39, 0.29) is 18.1 Å². The second-order valence-corrected chi connectivity index (χ2v) is 5.10. The standard InChI is InChI=1S/C17H13N3O4/c1-10-6-14(11(2)23-10)16-20-19-15(24-16)9-22-17(21)13-5-3-4-12(7-13)8-18/h3-7H,9H2,1-2H3. The molecule has 7 nitrogen and oxygen atoms in total. The predicted octanol–water partition coefficient (Wildman–Crippen LogP) is 3.18. The second-order valence-electron chi connectivity index (χ2n) is 5.10. The fourth-order valence-electron chi connectivity index (χ4n) is 2.19. The van der Waals surface area contributed by atoms with Gasteiger partial charge in [-0.1, -0.05) is 6.07 Å². The van der Waals surface area contributed by atoms with E-state index in [4.69, 9.17) is 18.8 Å². The third-order valence-electron chi connectivity index (χ3n) is 3.29. The molecule has 0 saturated carbocycles. The number of benzene rings is 1. The summed E-state index contributed by atoms with van der Waals surface area (Å²) in [6.45, 7) is 3.47. The number of aryl methyl sites for hydroxylation is 2. The van der Waals surface area contributed by atoms with Crippen LogP contribution in [0.25, 0.3) is 11.5 Å².